The van der Waals surface area contributed by atoms with Gasteiger partial charge in [0, 0.05) is 35.2 Å². The molecule has 2 aromatic carbocycles. The fraction of sp³-hybridized carbons (Fsp3) is 0.125. The number of aromatic amines is 1. The predicted octanol–water partition coefficient (Wildman–Crippen LogP) is 3.85. The molecule has 2 amide bonds. The lowest BCUT2D eigenvalue weighted by molar-refractivity contribution is -0.110. The zero-order chi connectivity index (χ0) is 22.3. The van der Waals surface area contributed by atoms with Crippen molar-refractivity contribution < 1.29 is 19.5 Å². The van der Waals surface area contributed by atoms with E-state index in [4.69, 9.17) is 0 Å². The van der Waals surface area contributed by atoms with E-state index in [9.17, 15) is 19.5 Å². The lowest BCUT2D eigenvalue weighted by Crippen LogP contribution is -2.17. The molecular formula is C24H21N3O4. The molecule has 0 unspecified atom stereocenters. The quantitative estimate of drug-likeness (QED) is 0.485. The van der Waals surface area contributed by atoms with Crippen LogP contribution < -0.4 is 10.6 Å². The third kappa shape index (κ3) is 3.40. The summed E-state index contributed by atoms with van der Waals surface area (Å²) >= 11 is 0. The summed E-state index contributed by atoms with van der Waals surface area (Å²) in [6, 6.07) is 12.7. The van der Waals surface area contributed by atoms with Crippen molar-refractivity contribution in [2.24, 2.45) is 0 Å². The molecule has 4 rings (SSSR count). The number of anilines is 1. The minimum absolute atomic E-state index is 0.196. The Labute approximate surface area is 178 Å². The van der Waals surface area contributed by atoms with Gasteiger partial charge in [-0.15, -0.1) is 0 Å². The van der Waals surface area contributed by atoms with Crippen LogP contribution in [0.4, 0.5) is 5.69 Å². The van der Waals surface area contributed by atoms with Gasteiger partial charge in [-0.2, -0.15) is 0 Å². The number of aromatic nitrogens is 1. The number of aromatic carboxylic acids is 1. The van der Waals surface area contributed by atoms with Crippen molar-refractivity contribution in [3.05, 3.63) is 76.1 Å². The van der Waals surface area contributed by atoms with E-state index >= 15 is 0 Å². The largest absolute Gasteiger partial charge is 0.478 e. The van der Waals surface area contributed by atoms with Crippen molar-refractivity contribution in [1.82, 2.24) is 10.3 Å². The number of benzene rings is 2. The van der Waals surface area contributed by atoms with Gasteiger partial charge in [-0.1, -0.05) is 24.3 Å². The first-order valence-electron chi connectivity index (χ1n) is 9.73. The van der Waals surface area contributed by atoms with Crippen LogP contribution in [-0.2, 0) is 4.79 Å². The molecule has 1 aromatic heterocycles. The lowest BCUT2D eigenvalue weighted by atomic mass is 9.93. The van der Waals surface area contributed by atoms with Gasteiger partial charge in [0.25, 0.3) is 11.8 Å². The SMILES string of the molecule is CNC(=O)c1cccc(-c2cccc3c2/C(=C/c2[nH]c(C)c(C(=O)O)c2C)C(=O)N3)c1. The molecule has 2 heterocycles. The average Bonchev–Trinajstić information content (AvgIpc) is 3.22. The predicted molar refractivity (Wildman–Crippen MR) is 119 cm³/mol. The van der Waals surface area contributed by atoms with Gasteiger partial charge < -0.3 is 20.7 Å². The fourth-order valence-electron chi connectivity index (χ4n) is 3.98. The van der Waals surface area contributed by atoms with Crippen LogP contribution in [0.25, 0.3) is 22.8 Å². The number of aryl methyl sites for hydroxylation is 1. The maximum Gasteiger partial charge on any atom is 0.337 e. The number of hydrogen-bond donors (Lipinski definition) is 4. The summed E-state index contributed by atoms with van der Waals surface area (Å²) in [6.45, 7) is 3.41. The molecule has 1 aliphatic rings. The van der Waals surface area contributed by atoms with E-state index in [-0.39, 0.29) is 17.4 Å². The van der Waals surface area contributed by atoms with Crippen molar-refractivity contribution in [3.63, 3.8) is 0 Å². The van der Waals surface area contributed by atoms with Gasteiger partial charge >= 0.3 is 5.97 Å². The summed E-state index contributed by atoms with van der Waals surface area (Å²) in [5.74, 6) is -1.48. The van der Waals surface area contributed by atoms with Crippen LogP contribution in [0, 0.1) is 13.8 Å². The second-order valence-corrected chi connectivity index (χ2v) is 7.37. The number of carboxylic acids is 1. The molecule has 0 saturated carbocycles. The Balaban J connectivity index is 1.89. The highest BCUT2D eigenvalue weighted by Gasteiger charge is 2.28. The van der Waals surface area contributed by atoms with E-state index < -0.39 is 5.97 Å². The number of amides is 2. The Morgan fingerprint density at radius 2 is 1.84 bits per heavy atom. The monoisotopic (exact) mass is 415 g/mol. The van der Waals surface area contributed by atoms with E-state index in [1.54, 1.807) is 45.2 Å². The number of carbonyl (C=O) groups excluding carboxylic acids is 2. The third-order valence-electron chi connectivity index (χ3n) is 5.47. The second kappa shape index (κ2) is 7.60. The summed E-state index contributed by atoms with van der Waals surface area (Å²) in [5, 5.41) is 14.9. The van der Waals surface area contributed by atoms with Crippen molar-refractivity contribution in [1.29, 1.82) is 0 Å². The molecule has 0 fully saturated rings. The van der Waals surface area contributed by atoms with Gasteiger partial charge in [0.1, 0.15) is 0 Å². The van der Waals surface area contributed by atoms with Gasteiger partial charge in [-0.3, -0.25) is 9.59 Å². The molecule has 0 spiro atoms. The maximum atomic E-state index is 12.8. The highest BCUT2D eigenvalue weighted by molar-refractivity contribution is 6.36. The molecule has 7 heteroatoms. The summed E-state index contributed by atoms with van der Waals surface area (Å²) < 4.78 is 0. The van der Waals surface area contributed by atoms with Gasteiger partial charge in [0.05, 0.1) is 11.1 Å². The molecule has 0 radical (unpaired) electrons. The molecular weight excluding hydrogens is 394 g/mol. The number of hydrogen-bond acceptors (Lipinski definition) is 3. The Kier molecular flexibility index (Phi) is 4.94. The highest BCUT2D eigenvalue weighted by Crippen LogP contribution is 2.41. The number of carbonyl (C=O) groups is 3. The minimum Gasteiger partial charge on any atom is -0.478 e. The Bertz CT molecular complexity index is 1280. The van der Waals surface area contributed by atoms with Crippen LogP contribution in [0.5, 0.6) is 0 Å². The molecule has 0 atom stereocenters. The van der Waals surface area contributed by atoms with Gasteiger partial charge in [0.15, 0.2) is 0 Å². The van der Waals surface area contributed by atoms with Crippen LogP contribution in [0.2, 0.25) is 0 Å². The molecule has 4 N–H and O–H groups in total. The standard InChI is InChI=1S/C24H21N3O4/c1-12-19(26-13(2)20(12)24(30)31)11-17-21-16(8-5-9-18(21)27-23(17)29)14-6-4-7-15(10-14)22(28)25-3/h4-11,26H,1-3H3,(H,25,28)(H,27,29)(H,30,31)/b17-11-. The van der Waals surface area contributed by atoms with E-state index in [2.05, 4.69) is 15.6 Å². The molecule has 156 valence electrons. The number of nitrogens with one attached hydrogen (secondary N) is 3. The van der Waals surface area contributed by atoms with Gasteiger partial charge in [0.2, 0.25) is 0 Å². The molecule has 1 aliphatic heterocycles. The van der Waals surface area contributed by atoms with Crippen LogP contribution in [0.3, 0.4) is 0 Å². The summed E-state index contributed by atoms with van der Waals surface area (Å²) in [4.78, 5) is 39.5. The van der Waals surface area contributed by atoms with E-state index in [1.165, 1.54) is 0 Å². The normalized spacial score (nSPS) is 13.8. The molecule has 3 aromatic rings. The van der Waals surface area contributed by atoms with Crippen molar-refractivity contribution in [2.75, 3.05) is 12.4 Å². The van der Waals surface area contributed by atoms with Crippen LogP contribution >= 0.6 is 0 Å². The first-order valence-corrected chi connectivity index (χ1v) is 9.73. The van der Waals surface area contributed by atoms with Crippen molar-refractivity contribution >= 4 is 35.1 Å². The molecule has 7 nitrogen and oxygen atoms in total. The zero-order valence-electron chi connectivity index (χ0n) is 17.3. The molecule has 0 saturated heterocycles. The first kappa shape index (κ1) is 20.2. The number of rotatable bonds is 4. The Morgan fingerprint density at radius 3 is 2.52 bits per heavy atom. The zero-order valence-corrected chi connectivity index (χ0v) is 17.3. The molecule has 31 heavy (non-hydrogen) atoms. The topological polar surface area (TPSA) is 111 Å². The molecule has 0 aliphatic carbocycles. The number of carboxylic acid groups (broad SMARTS) is 1. The second-order valence-electron chi connectivity index (χ2n) is 7.37. The maximum absolute atomic E-state index is 12.8. The van der Waals surface area contributed by atoms with E-state index in [1.807, 2.05) is 24.3 Å². The minimum atomic E-state index is -1.01. The van der Waals surface area contributed by atoms with Crippen LogP contribution in [0.15, 0.2) is 42.5 Å². The summed E-state index contributed by atoms with van der Waals surface area (Å²) in [5.41, 5.74) is 5.79. The third-order valence-corrected chi connectivity index (χ3v) is 5.47. The molecule has 0 bridgehead atoms. The Morgan fingerprint density at radius 1 is 1.10 bits per heavy atom. The van der Waals surface area contributed by atoms with Crippen LogP contribution in [0.1, 0.15) is 43.2 Å². The smallest absolute Gasteiger partial charge is 0.337 e. The first-order chi connectivity index (χ1) is 14.8. The Hall–Kier alpha value is -4.13. The van der Waals surface area contributed by atoms with Gasteiger partial charge in [-0.25, -0.2) is 4.79 Å². The van der Waals surface area contributed by atoms with Crippen molar-refractivity contribution in [2.45, 2.75) is 13.8 Å². The summed E-state index contributed by atoms with van der Waals surface area (Å²) in [7, 11) is 1.57. The van der Waals surface area contributed by atoms with Crippen LogP contribution in [-0.4, -0.2) is 34.9 Å². The fourth-order valence-corrected chi connectivity index (χ4v) is 3.98. The van der Waals surface area contributed by atoms with E-state index in [0.717, 1.165) is 11.1 Å². The number of fused-ring (bicyclic) bond motifs is 1. The number of H-pyrrole nitrogens is 1. The average molecular weight is 415 g/mol. The van der Waals surface area contributed by atoms with Gasteiger partial charge in [-0.05, 0) is 54.8 Å². The summed E-state index contributed by atoms with van der Waals surface area (Å²) in [6.07, 6.45) is 1.68. The van der Waals surface area contributed by atoms with Crippen molar-refractivity contribution in [3.8, 4) is 11.1 Å². The van der Waals surface area contributed by atoms with E-state index in [0.29, 0.717) is 39.3 Å². The lowest BCUT2D eigenvalue weighted by Gasteiger charge is -2.10. The highest BCUT2D eigenvalue weighted by atomic mass is 16.4.